The molecule has 1 aromatic heterocycles. The Bertz CT molecular complexity index is 293. The molecule has 0 fully saturated rings. The van der Waals surface area contributed by atoms with Gasteiger partial charge < -0.3 is 5.73 Å². The van der Waals surface area contributed by atoms with E-state index in [0.29, 0.717) is 6.04 Å². The van der Waals surface area contributed by atoms with Crippen molar-refractivity contribution < 1.29 is 0 Å². The maximum absolute atomic E-state index is 5.75. The molecule has 0 aromatic carbocycles. The van der Waals surface area contributed by atoms with Crippen LogP contribution in [0, 0.1) is 5.41 Å². The predicted molar refractivity (Wildman–Crippen MR) is 72.8 cm³/mol. The Kier molecular flexibility index (Phi) is 4.96. The van der Waals surface area contributed by atoms with Crippen LogP contribution >= 0.6 is 11.3 Å². The summed E-state index contributed by atoms with van der Waals surface area (Å²) in [5.74, 6) is 0. The Morgan fingerprint density at radius 1 is 1.50 bits per heavy atom. The number of rotatable bonds is 6. The van der Waals surface area contributed by atoms with E-state index in [0.717, 1.165) is 19.5 Å². The summed E-state index contributed by atoms with van der Waals surface area (Å²) in [7, 11) is 2.19. The van der Waals surface area contributed by atoms with Gasteiger partial charge >= 0.3 is 0 Å². The molecule has 16 heavy (non-hydrogen) atoms. The van der Waals surface area contributed by atoms with Gasteiger partial charge in [-0.2, -0.15) is 0 Å². The fraction of sp³-hybridized carbons (Fsp3) is 0.692. The van der Waals surface area contributed by atoms with E-state index >= 15 is 0 Å². The van der Waals surface area contributed by atoms with E-state index in [-0.39, 0.29) is 5.41 Å². The Balaban J connectivity index is 2.44. The highest BCUT2D eigenvalue weighted by molar-refractivity contribution is 7.10. The van der Waals surface area contributed by atoms with Crippen LogP contribution in [0.1, 0.15) is 38.1 Å². The lowest BCUT2D eigenvalue weighted by Gasteiger charge is -2.29. The molecule has 1 aromatic rings. The molecule has 0 aliphatic heterocycles. The molecule has 1 atom stereocenters. The van der Waals surface area contributed by atoms with E-state index in [1.165, 1.54) is 4.88 Å². The standard InChI is InChI=1S/C13H24N2S/c1-11(12-6-5-9-16-12)15(4)8-7-13(2,3)10-14/h5-6,9,11H,7-8,10,14H2,1-4H3. The van der Waals surface area contributed by atoms with Gasteiger partial charge in [0.1, 0.15) is 0 Å². The molecular weight excluding hydrogens is 216 g/mol. The summed E-state index contributed by atoms with van der Waals surface area (Å²) in [6.45, 7) is 8.59. The minimum Gasteiger partial charge on any atom is -0.330 e. The van der Waals surface area contributed by atoms with E-state index in [1.54, 1.807) is 0 Å². The lowest BCUT2D eigenvalue weighted by atomic mass is 9.89. The minimum absolute atomic E-state index is 0.253. The fourth-order valence-corrected chi connectivity index (χ4v) is 2.37. The molecule has 1 unspecified atom stereocenters. The topological polar surface area (TPSA) is 29.3 Å². The lowest BCUT2D eigenvalue weighted by molar-refractivity contribution is 0.214. The first-order valence-electron chi connectivity index (χ1n) is 5.90. The highest BCUT2D eigenvalue weighted by atomic mass is 32.1. The van der Waals surface area contributed by atoms with Crippen LogP contribution in [0.15, 0.2) is 17.5 Å². The third-order valence-corrected chi connectivity index (χ3v) is 4.35. The first kappa shape index (κ1) is 13.7. The van der Waals surface area contributed by atoms with Gasteiger partial charge in [0.15, 0.2) is 0 Å². The molecule has 0 saturated heterocycles. The number of nitrogens with two attached hydrogens (primary N) is 1. The molecule has 0 radical (unpaired) electrons. The van der Waals surface area contributed by atoms with E-state index in [1.807, 2.05) is 11.3 Å². The van der Waals surface area contributed by atoms with Crippen molar-refractivity contribution in [3.05, 3.63) is 22.4 Å². The number of hydrogen-bond donors (Lipinski definition) is 1. The van der Waals surface area contributed by atoms with Crippen LogP contribution in [-0.2, 0) is 0 Å². The average molecular weight is 240 g/mol. The van der Waals surface area contributed by atoms with E-state index < -0.39 is 0 Å². The highest BCUT2D eigenvalue weighted by Gasteiger charge is 2.18. The van der Waals surface area contributed by atoms with Gasteiger partial charge in [-0.15, -0.1) is 11.3 Å². The average Bonchev–Trinajstić information content (AvgIpc) is 2.78. The van der Waals surface area contributed by atoms with Gasteiger partial charge in [-0.3, -0.25) is 4.90 Å². The summed E-state index contributed by atoms with van der Waals surface area (Å²) in [5.41, 5.74) is 6.00. The van der Waals surface area contributed by atoms with Crippen molar-refractivity contribution in [2.75, 3.05) is 20.1 Å². The molecule has 92 valence electrons. The first-order valence-corrected chi connectivity index (χ1v) is 6.78. The second kappa shape index (κ2) is 5.80. The lowest BCUT2D eigenvalue weighted by Crippen LogP contribution is -2.31. The molecule has 0 amide bonds. The predicted octanol–water partition coefficient (Wildman–Crippen LogP) is 3.12. The summed E-state index contributed by atoms with van der Waals surface area (Å²) in [6, 6.07) is 4.84. The van der Waals surface area contributed by atoms with Crippen LogP contribution in [0.4, 0.5) is 0 Å². The zero-order valence-electron chi connectivity index (χ0n) is 10.9. The van der Waals surface area contributed by atoms with Crippen molar-refractivity contribution in [1.82, 2.24) is 4.90 Å². The zero-order chi connectivity index (χ0) is 12.2. The van der Waals surface area contributed by atoms with Crippen molar-refractivity contribution in [2.24, 2.45) is 11.1 Å². The van der Waals surface area contributed by atoms with Crippen LogP contribution in [0.2, 0.25) is 0 Å². The van der Waals surface area contributed by atoms with Crippen LogP contribution in [0.25, 0.3) is 0 Å². The van der Waals surface area contributed by atoms with Crippen LogP contribution in [0.3, 0.4) is 0 Å². The fourth-order valence-electron chi connectivity index (χ4n) is 1.52. The molecule has 1 rings (SSSR count). The second-order valence-corrected chi connectivity index (χ2v) is 6.27. The quantitative estimate of drug-likeness (QED) is 0.828. The van der Waals surface area contributed by atoms with Gasteiger partial charge in [-0.25, -0.2) is 0 Å². The van der Waals surface area contributed by atoms with Crippen LogP contribution in [-0.4, -0.2) is 25.0 Å². The van der Waals surface area contributed by atoms with Crippen molar-refractivity contribution in [3.8, 4) is 0 Å². The minimum atomic E-state index is 0.253. The molecule has 2 N–H and O–H groups in total. The van der Waals surface area contributed by atoms with Gasteiger partial charge in [0, 0.05) is 10.9 Å². The van der Waals surface area contributed by atoms with Gasteiger partial charge in [-0.1, -0.05) is 19.9 Å². The van der Waals surface area contributed by atoms with Gasteiger partial charge in [-0.05, 0) is 50.3 Å². The van der Waals surface area contributed by atoms with Crippen molar-refractivity contribution in [2.45, 2.75) is 33.2 Å². The Morgan fingerprint density at radius 3 is 2.69 bits per heavy atom. The number of hydrogen-bond acceptors (Lipinski definition) is 3. The Hall–Kier alpha value is -0.380. The monoisotopic (exact) mass is 240 g/mol. The smallest absolute Gasteiger partial charge is 0.0410 e. The summed E-state index contributed by atoms with van der Waals surface area (Å²) < 4.78 is 0. The zero-order valence-corrected chi connectivity index (χ0v) is 11.7. The number of nitrogens with zero attached hydrogens (tertiary/aromatic N) is 1. The van der Waals surface area contributed by atoms with Gasteiger partial charge in [0.25, 0.3) is 0 Å². The largest absolute Gasteiger partial charge is 0.330 e. The van der Waals surface area contributed by atoms with E-state index in [2.05, 4.69) is 50.2 Å². The summed E-state index contributed by atoms with van der Waals surface area (Å²) in [6.07, 6.45) is 1.15. The van der Waals surface area contributed by atoms with Gasteiger partial charge in [0.05, 0.1) is 0 Å². The molecular formula is C13H24N2S. The molecule has 0 spiro atoms. The molecule has 0 bridgehead atoms. The summed E-state index contributed by atoms with van der Waals surface area (Å²) >= 11 is 1.83. The van der Waals surface area contributed by atoms with E-state index in [4.69, 9.17) is 5.73 Å². The Labute approximate surface area is 103 Å². The van der Waals surface area contributed by atoms with Crippen LogP contribution < -0.4 is 5.73 Å². The van der Waals surface area contributed by atoms with Gasteiger partial charge in [0.2, 0.25) is 0 Å². The van der Waals surface area contributed by atoms with E-state index in [9.17, 15) is 0 Å². The molecule has 0 aliphatic rings. The maximum atomic E-state index is 5.75. The third-order valence-electron chi connectivity index (χ3n) is 3.31. The molecule has 3 heteroatoms. The summed E-state index contributed by atoms with van der Waals surface area (Å²) in [5, 5.41) is 2.14. The third kappa shape index (κ3) is 3.89. The maximum Gasteiger partial charge on any atom is 0.0410 e. The second-order valence-electron chi connectivity index (χ2n) is 5.29. The highest BCUT2D eigenvalue weighted by Crippen LogP contribution is 2.25. The number of thiophene rings is 1. The van der Waals surface area contributed by atoms with Crippen molar-refractivity contribution in [3.63, 3.8) is 0 Å². The normalized spacial score (nSPS) is 14.4. The molecule has 0 aliphatic carbocycles. The van der Waals surface area contributed by atoms with Crippen LogP contribution in [0.5, 0.6) is 0 Å². The Morgan fingerprint density at radius 2 is 2.19 bits per heavy atom. The SMILES string of the molecule is CC(c1cccs1)N(C)CCC(C)(C)CN. The molecule has 0 saturated carbocycles. The first-order chi connectivity index (χ1) is 7.46. The summed E-state index contributed by atoms with van der Waals surface area (Å²) in [4.78, 5) is 3.84. The molecule has 2 nitrogen and oxygen atoms in total. The molecule has 1 heterocycles. The van der Waals surface area contributed by atoms with Crippen molar-refractivity contribution in [1.29, 1.82) is 0 Å². The van der Waals surface area contributed by atoms with Crippen molar-refractivity contribution >= 4 is 11.3 Å².